The van der Waals surface area contributed by atoms with E-state index >= 15 is 0 Å². The van der Waals surface area contributed by atoms with Crippen molar-refractivity contribution >= 4 is 5.69 Å². The number of benzene rings is 1. The van der Waals surface area contributed by atoms with Crippen LogP contribution < -0.4 is 5.32 Å². The van der Waals surface area contributed by atoms with Crippen LogP contribution >= 0.6 is 0 Å². The second-order valence-corrected chi connectivity index (χ2v) is 3.21. The highest BCUT2D eigenvalue weighted by Crippen LogP contribution is 2.17. The van der Waals surface area contributed by atoms with Crippen LogP contribution in [-0.4, -0.2) is 6.04 Å². The molecular weight excluding hydrogens is 193 g/mol. The summed E-state index contributed by atoms with van der Waals surface area (Å²) in [5.74, 6) is -0.440. The van der Waals surface area contributed by atoms with Gasteiger partial charge in [-0.2, -0.15) is 10.5 Å². The van der Waals surface area contributed by atoms with Crippen molar-refractivity contribution in [2.75, 3.05) is 5.32 Å². The van der Waals surface area contributed by atoms with Gasteiger partial charge in [0.25, 0.3) is 0 Å². The van der Waals surface area contributed by atoms with E-state index in [1.807, 2.05) is 19.1 Å². The molecule has 0 aromatic heterocycles. The first-order chi connectivity index (χ1) is 7.17. The number of rotatable bonds is 3. The maximum absolute atomic E-state index is 12.8. The third kappa shape index (κ3) is 2.96. The van der Waals surface area contributed by atoms with Crippen molar-refractivity contribution in [3.8, 4) is 12.1 Å². The van der Waals surface area contributed by atoms with E-state index in [1.165, 1.54) is 18.2 Å². The molecule has 1 atom stereocenters. The Balaban J connectivity index is 2.87. The molecule has 15 heavy (non-hydrogen) atoms. The van der Waals surface area contributed by atoms with E-state index in [2.05, 4.69) is 5.32 Å². The normalized spacial score (nSPS) is 11.2. The van der Waals surface area contributed by atoms with Crippen molar-refractivity contribution in [1.82, 2.24) is 0 Å². The minimum absolute atomic E-state index is 0.0624. The predicted octanol–water partition coefficient (Wildman–Crippen LogP) is 2.41. The summed E-state index contributed by atoms with van der Waals surface area (Å²) in [6.45, 7) is 1.83. The van der Waals surface area contributed by atoms with Crippen molar-refractivity contribution in [3.05, 3.63) is 29.6 Å². The summed E-state index contributed by atoms with van der Waals surface area (Å²) in [6, 6.07) is 7.80. The molecular formula is C11H10FN3. The average molecular weight is 203 g/mol. The van der Waals surface area contributed by atoms with Gasteiger partial charge in [0.15, 0.2) is 0 Å². The van der Waals surface area contributed by atoms with Gasteiger partial charge in [-0.25, -0.2) is 4.39 Å². The Morgan fingerprint density at radius 3 is 2.80 bits per heavy atom. The molecule has 1 aromatic rings. The van der Waals surface area contributed by atoms with Crippen LogP contribution in [-0.2, 0) is 0 Å². The zero-order chi connectivity index (χ0) is 11.3. The fourth-order valence-corrected chi connectivity index (χ4v) is 1.19. The van der Waals surface area contributed by atoms with E-state index in [-0.39, 0.29) is 11.6 Å². The smallest absolute Gasteiger partial charge is 0.124 e. The highest BCUT2D eigenvalue weighted by Gasteiger charge is 2.06. The van der Waals surface area contributed by atoms with Crippen LogP contribution in [0.3, 0.4) is 0 Å². The number of anilines is 1. The molecule has 1 aromatic carbocycles. The summed E-state index contributed by atoms with van der Waals surface area (Å²) in [6.07, 6.45) is 0.336. The van der Waals surface area contributed by atoms with Crippen LogP contribution in [0.25, 0.3) is 0 Å². The lowest BCUT2D eigenvalue weighted by Gasteiger charge is -2.12. The van der Waals surface area contributed by atoms with Crippen LogP contribution in [0.4, 0.5) is 10.1 Å². The fraction of sp³-hybridized carbons (Fsp3) is 0.273. The Morgan fingerprint density at radius 1 is 1.47 bits per heavy atom. The number of nitrogens with zero attached hydrogens (tertiary/aromatic N) is 2. The van der Waals surface area contributed by atoms with Crippen molar-refractivity contribution < 1.29 is 4.39 Å². The van der Waals surface area contributed by atoms with Gasteiger partial charge in [0.05, 0.1) is 23.7 Å². The number of nitriles is 2. The number of halogens is 1. The van der Waals surface area contributed by atoms with E-state index in [1.54, 1.807) is 0 Å². The minimum atomic E-state index is -0.440. The topological polar surface area (TPSA) is 59.6 Å². The molecule has 1 N–H and O–H groups in total. The lowest BCUT2D eigenvalue weighted by atomic mass is 10.1. The maximum Gasteiger partial charge on any atom is 0.124 e. The SMILES string of the molecule is CC(CC#N)Nc1ccc(F)cc1C#N. The largest absolute Gasteiger partial charge is 0.380 e. The molecule has 1 unspecified atom stereocenters. The summed E-state index contributed by atoms with van der Waals surface area (Å²) in [4.78, 5) is 0. The summed E-state index contributed by atoms with van der Waals surface area (Å²) in [7, 11) is 0. The summed E-state index contributed by atoms with van der Waals surface area (Å²) in [5.41, 5.74) is 0.807. The minimum Gasteiger partial charge on any atom is -0.380 e. The molecule has 4 heteroatoms. The number of hydrogen-bond acceptors (Lipinski definition) is 3. The quantitative estimate of drug-likeness (QED) is 0.820. The highest BCUT2D eigenvalue weighted by atomic mass is 19.1. The Morgan fingerprint density at radius 2 is 2.20 bits per heavy atom. The van der Waals surface area contributed by atoms with E-state index < -0.39 is 5.82 Å². The van der Waals surface area contributed by atoms with Crippen LogP contribution in [0.1, 0.15) is 18.9 Å². The molecule has 3 nitrogen and oxygen atoms in total. The standard InChI is InChI=1S/C11H10FN3/c1-8(4-5-13)15-11-3-2-10(12)6-9(11)7-14/h2-3,6,8,15H,4H2,1H3. The van der Waals surface area contributed by atoms with E-state index in [0.717, 1.165) is 0 Å². The van der Waals surface area contributed by atoms with Crippen LogP contribution in [0.15, 0.2) is 18.2 Å². The molecule has 0 heterocycles. The van der Waals surface area contributed by atoms with Crippen molar-refractivity contribution in [3.63, 3.8) is 0 Å². The lowest BCUT2D eigenvalue weighted by molar-refractivity contribution is 0.627. The Hall–Kier alpha value is -2.07. The van der Waals surface area contributed by atoms with Crippen LogP contribution in [0.5, 0.6) is 0 Å². The number of hydrogen-bond donors (Lipinski definition) is 1. The third-order valence-electron chi connectivity index (χ3n) is 1.90. The van der Waals surface area contributed by atoms with E-state index in [0.29, 0.717) is 12.1 Å². The van der Waals surface area contributed by atoms with E-state index in [9.17, 15) is 4.39 Å². The Bertz CT molecular complexity index is 428. The molecule has 0 bridgehead atoms. The van der Waals surface area contributed by atoms with Crippen LogP contribution in [0.2, 0.25) is 0 Å². The highest BCUT2D eigenvalue weighted by molar-refractivity contribution is 5.57. The first-order valence-electron chi connectivity index (χ1n) is 4.50. The average Bonchev–Trinajstić information content (AvgIpc) is 2.21. The van der Waals surface area contributed by atoms with Crippen LogP contribution in [0, 0.1) is 28.5 Å². The molecule has 0 radical (unpaired) electrons. The maximum atomic E-state index is 12.8. The molecule has 0 fully saturated rings. The predicted molar refractivity (Wildman–Crippen MR) is 54.4 cm³/mol. The molecule has 1 rings (SSSR count). The molecule has 0 aliphatic rings. The molecule has 0 aliphatic carbocycles. The van der Waals surface area contributed by atoms with Crippen molar-refractivity contribution in [2.45, 2.75) is 19.4 Å². The van der Waals surface area contributed by atoms with Gasteiger partial charge in [-0.1, -0.05) is 0 Å². The molecule has 0 saturated heterocycles. The van der Waals surface area contributed by atoms with E-state index in [4.69, 9.17) is 10.5 Å². The van der Waals surface area contributed by atoms with Gasteiger partial charge in [-0.3, -0.25) is 0 Å². The summed E-state index contributed by atoms with van der Waals surface area (Å²) in [5, 5.41) is 20.2. The molecule has 0 aliphatic heterocycles. The molecule has 0 spiro atoms. The van der Waals surface area contributed by atoms with Gasteiger partial charge in [0, 0.05) is 6.04 Å². The zero-order valence-electron chi connectivity index (χ0n) is 8.29. The molecule has 0 saturated carbocycles. The van der Waals surface area contributed by atoms with Crippen molar-refractivity contribution in [1.29, 1.82) is 10.5 Å². The Labute approximate surface area is 87.8 Å². The fourth-order valence-electron chi connectivity index (χ4n) is 1.19. The van der Waals surface area contributed by atoms with Gasteiger partial charge in [-0.15, -0.1) is 0 Å². The number of nitrogens with one attached hydrogen (secondary N) is 1. The van der Waals surface area contributed by atoms with Crippen molar-refractivity contribution in [2.24, 2.45) is 0 Å². The van der Waals surface area contributed by atoms with Gasteiger partial charge >= 0.3 is 0 Å². The summed E-state index contributed by atoms with van der Waals surface area (Å²) >= 11 is 0. The third-order valence-corrected chi connectivity index (χ3v) is 1.90. The first-order valence-corrected chi connectivity index (χ1v) is 4.50. The second-order valence-electron chi connectivity index (χ2n) is 3.21. The summed E-state index contributed by atoms with van der Waals surface area (Å²) < 4.78 is 12.8. The molecule has 0 amide bonds. The van der Waals surface area contributed by atoms with Gasteiger partial charge in [0.1, 0.15) is 11.9 Å². The molecule has 76 valence electrons. The second kappa shape index (κ2) is 4.97. The lowest BCUT2D eigenvalue weighted by Crippen LogP contribution is -2.14. The first kappa shape index (κ1) is 11.0. The zero-order valence-corrected chi connectivity index (χ0v) is 8.29. The monoisotopic (exact) mass is 203 g/mol. The van der Waals surface area contributed by atoms with Gasteiger partial charge in [0.2, 0.25) is 0 Å². The van der Waals surface area contributed by atoms with Gasteiger partial charge in [-0.05, 0) is 25.1 Å². The Kier molecular flexibility index (Phi) is 3.65. The van der Waals surface area contributed by atoms with Gasteiger partial charge < -0.3 is 5.32 Å².